The number of aryl methyl sites for hydroxylation is 1. The molecule has 3 aromatic carbocycles. The van der Waals surface area contributed by atoms with E-state index in [4.69, 9.17) is 9.72 Å². The number of ether oxygens (including phenoxy) is 1. The van der Waals surface area contributed by atoms with Gasteiger partial charge in [0.25, 0.3) is 5.91 Å². The topological polar surface area (TPSA) is 42.4 Å². The van der Waals surface area contributed by atoms with Gasteiger partial charge >= 0.3 is 0 Å². The summed E-state index contributed by atoms with van der Waals surface area (Å²) in [6, 6.07) is 27.5. The van der Waals surface area contributed by atoms with Crippen LogP contribution in [0.4, 0.5) is 5.69 Å². The summed E-state index contributed by atoms with van der Waals surface area (Å²) in [5.74, 6) is 0.537. The summed E-state index contributed by atoms with van der Waals surface area (Å²) >= 11 is 0. The molecule has 0 N–H and O–H groups in total. The molecule has 0 unspecified atom stereocenters. The van der Waals surface area contributed by atoms with Crippen molar-refractivity contribution in [3.05, 3.63) is 90.5 Å². The number of carbonyl (C=O) groups is 1. The molecule has 0 atom stereocenters. The molecule has 4 aromatic rings. The third-order valence-corrected chi connectivity index (χ3v) is 4.89. The number of amides is 1. The van der Waals surface area contributed by atoms with Crippen LogP contribution in [0.3, 0.4) is 0 Å². The van der Waals surface area contributed by atoms with Gasteiger partial charge < -0.3 is 9.64 Å². The first-order chi connectivity index (χ1) is 14.1. The maximum atomic E-state index is 12.6. The van der Waals surface area contributed by atoms with E-state index in [0.29, 0.717) is 5.75 Å². The lowest BCUT2D eigenvalue weighted by Gasteiger charge is -2.18. The summed E-state index contributed by atoms with van der Waals surface area (Å²) in [5, 5.41) is 0.888. The van der Waals surface area contributed by atoms with Crippen molar-refractivity contribution in [3.8, 4) is 17.0 Å². The number of hydrogen-bond acceptors (Lipinski definition) is 3. The number of hydrogen-bond donors (Lipinski definition) is 0. The van der Waals surface area contributed by atoms with Crippen molar-refractivity contribution >= 4 is 22.5 Å². The molecule has 4 rings (SSSR count). The fourth-order valence-corrected chi connectivity index (χ4v) is 3.17. The monoisotopic (exact) mass is 382 g/mol. The van der Waals surface area contributed by atoms with E-state index >= 15 is 0 Å². The molecule has 0 saturated heterocycles. The van der Waals surface area contributed by atoms with Crippen molar-refractivity contribution in [3.63, 3.8) is 0 Å². The molecule has 0 aliphatic heterocycles. The van der Waals surface area contributed by atoms with Gasteiger partial charge in [0.15, 0.2) is 6.61 Å². The number of aromatic nitrogens is 1. The van der Waals surface area contributed by atoms with E-state index in [1.54, 1.807) is 11.9 Å². The van der Waals surface area contributed by atoms with Gasteiger partial charge in [0.1, 0.15) is 5.75 Å². The third-order valence-electron chi connectivity index (χ3n) is 4.89. The number of pyridine rings is 1. The second kappa shape index (κ2) is 8.15. The van der Waals surface area contributed by atoms with Crippen LogP contribution in [0.2, 0.25) is 0 Å². The van der Waals surface area contributed by atoms with E-state index in [1.165, 1.54) is 5.56 Å². The highest BCUT2D eigenvalue weighted by atomic mass is 16.5. The molecule has 1 aromatic heterocycles. The molecule has 1 amide bonds. The highest BCUT2D eigenvalue weighted by Gasteiger charge is 2.14. The number of fused-ring (bicyclic) bond motifs is 1. The second-order valence-corrected chi connectivity index (χ2v) is 6.97. The normalized spacial score (nSPS) is 10.7. The van der Waals surface area contributed by atoms with Crippen molar-refractivity contribution in [1.82, 2.24) is 4.98 Å². The van der Waals surface area contributed by atoms with E-state index in [9.17, 15) is 4.79 Å². The second-order valence-electron chi connectivity index (χ2n) is 6.97. The third kappa shape index (κ3) is 4.11. The average molecular weight is 382 g/mol. The number of benzene rings is 3. The fraction of sp³-hybridized carbons (Fsp3) is 0.120. The molecule has 0 radical (unpaired) electrons. The molecule has 4 nitrogen and oxygen atoms in total. The van der Waals surface area contributed by atoms with Crippen molar-refractivity contribution in [2.24, 2.45) is 0 Å². The summed E-state index contributed by atoms with van der Waals surface area (Å²) in [4.78, 5) is 19.0. The van der Waals surface area contributed by atoms with Crippen molar-refractivity contribution in [2.75, 3.05) is 18.6 Å². The fourth-order valence-electron chi connectivity index (χ4n) is 3.17. The van der Waals surface area contributed by atoms with Gasteiger partial charge in [-0.15, -0.1) is 0 Å². The van der Waals surface area contributed by atoms with Gasteiger partial charge in [-0.3, -0.25) is 4.79 Å². The minimum Gasteiger partial charge on any atom is -0.483 e. The van der Waals surface area contributed by atoms with E-state index in [-0.39, 0.29) is 12.5 Å². The lowest BCUT2D eigenvalue weighted by atomic mass is 10.1. The number of para-hydroxylation sites is 2. The summed E-state index contributed by atoms with van der Waals surface area (Å²) in [6.45, 7) is 2.01. The van der Waals surface area contributed by atoms with Crippen LogP contribution >= 0.6 is 0 Å². The van der Waals surface area contributed by atoms with Gasteiger partial charge in [-0.2, -0.15) is 0 Å². The Kier molecular flexibility index (Phi) is 5.25. The first kappa shape index (κ1) is 18.7. The van der Waals surface area contributed by atoms with E-state index < -0.39 is 0 Å². The van der Waals surface area contributed by atoms with Crippen LogP contribution in [-0.2, 0) is 4.79 Å². The zero-order valence-corrected chi connectivity index (χ0v) is 16.5. The Morgan fingerprint density at radius 2 is 1.62 bits per heavy atom. The standard InChI is InChI=1S/C25H22N2O2/c1-18-12-14-19(15-13-18)23-16-24(21-10-6-7-11-22(21)26-23)29-17-25(28)27(2)20-8-4-3-5-9-20/h3-16H,17H2,1-2H3. The zero-order valence-electron chi connectivity index (χ0n) is 16.5. The van der Waals surface area contributed by atoms with Gasteiger partial charge in [0.05, 0.1) is 11.2 Å². The van der Waals surface area contributed by atoms with Crippen molar-refractivity contribution in [1.29, 1.82) is 0 Å². The zero-order chi connectivity index (χ0) is 20.2. The number of anilines is 1. The van der Waals surface area contributed by atoms with E-state index in [1.807, 2.05) is 72.8 Å². The highest BCUT2D eigenvalue weighted by Crippen LogP contribution is 2.30. The SMILES string of the molecule is Cc1ccc(-c2cc(OCC(=O)N(C)c3ccccc3)c3ccccc3n2)cc1. The lowest BCUT2D eigenvalue weighted by molar-refractivity contribution is -0.120. The molecule has 0 aliphatic carbocycles. The molecule has 0 fully saturated rings. The summed E-state index contributed by atoms with van der Waals surface area (Å²) < 4.78 is 5.98. The minimum atomic E-state index is -0.117. The first-order valence-electron chi connectivity index (χ1n) is 9.53. The van der Waals surface area contributed by atoms with Crippen molar-refractivity contribution in [2.45, 2.75) is 6.92 Å². The summed E-state index contributed by atoms with van der Waals surface area (Å²) in [6.07, 6.45) is 0. The maximum absolute atomic E-state index is 12.6. The Morgan fingerprint density at radius 1 is 0.931 bits per heavy atom. The molecule has 144 valence electrons. The van der Waals surface area contributed by atoms with E-state index in [2.05, 4.69) is 19.1 Å². The molecule has 1 heterocycles. The summed E-state index contributed by atoms with van der Waals surface area (Å²) in [5.41, 5.74) is 4.70. The average Bonchev–Trinajstić information content (AvgIpc) is 2.77. The molecule has 4 heteroatoms. The number of rotatable bonds is 5. The minimum absolute atomic E-state index is 0.0489. The maximum Gasteiger partial charge on any atom is 0.264 e. The Hall–Kier alpha value is -3.66. The van der Waals surface area contributed by atoms with Gasteiger partial charge in [0, 0.05) is 29.8 Å². The molecule has 0 aliphatic rings. The molecular formula is C25H22N2O2. The van der Waals surface area contributed by atoms with Crippen LogP contribution in [0.15, 0.2) is 84.9 Å². The molecular weight excluding hydrogens is 360 g/mol. The Morgan fingerprint density at radius 3 is 2.38 bits per heavy atom. The molecule has 0 bridgehead atoms. The van der Waals surface area contributed by atoms with Gasteiger partial charge in [-0.25, -0.2) is 4.98 Å². The highest BCUT2D eigenvalue weighted by molar-refractivity contribution is 5.94. The van der Waals surface area contributed by atoms with Crippen LogP contribution in [-0.4, -0.2) is 24.5 Å². The molecule has 0 saturated carbocycles. The quantitative estimate of drug-likeness (QED) is 0.473. The van der Waals surface area contributed by atoms with Crippen LogP contribution in [0.25, 0.3) is 22.2 Å². The van der Waals surface area contributed by atoms with Crippen LogP contribution in [0.5, 0.6) is 5.75 Å². The predicted molar refractivity (Wildman–Crippen MR) is 117 cm³/mol. The lowest BCUT2D eigenvalue weighted by Crippen LogP contribution is -2.31. The Bertz CT molecular complexity index is 1140. The molecule has 29 heavy (non-hydrogen) atoms. The molecule has 0 spiro atoms. The van der Waals surface area contributed by atoms with Crippen LogP contribution < -0.4 is 9.64 Å². The predicted octanol–water partition coefficient (Wildman–Crippen LogP) is 5.25. The van der Waals surface area contributed by atoms with Crippen molar-refractivity contribution < 1.29 is 9.53 Å². The largest absolute Gasteiger partial charge is 0.483 e. The first-order valence-corrected chi connectivity index (χ1v) is 9.53. The van der Waals surface area contributed by atoms with Gasteiger partial charge in [0.2, 0.25) is 0 Å². The summed E-state index contributed by atoms with van der Waals surface area (Å²) in [7, 11) is 1.75. The Balaban J connectivity index is 1.62. The number of carbonyl (C=O) groups excluding carboxylic acids is 1. The van der Waals surface area contributed by atoms with Crippen LogP contribution in [0.1, 0.15) is 5.56 Å². The number of nitrogens with zero attached hydrogens (tertiary/aromatic N) is 2. The van der Waals surface area contributed by atoms with Gasteiger partial charge in [-0.1, -0.05) is 60.2 Å². The smallest absolute Gasteiger partial charge is 0.264 e. The van der Waals surface area contributed by atoms with Crippen LogP contribution in [0, 0.1) is 6.92 Å². The van der Waals surface area contributed by atoms with Gasteiger partial charge in [-0.05, 0) is 31.2 Å². The van der Waals surface area contributed by atoms with E-state index in [0.717, 1.165) is 27.8 Å². The Labute approximate surface area is 170 Å². The number of likely N-dealkylation sites (N-methyl/N-ethyl adjacent to an activating group) is 1.